The van der Waals surface area contributed by atoms with E-state index in [2.05, 4.69) is 15.3 Å². The molecule has 0 aliphatic rings. The second-order valence-electron chi connectivity index (χ2n) is 3.54. The molecule has 5 heteroatoms. The van der Waals surface area contributed by atoms with Crippen LogP contribution in [0.5, 0.6) is 0 Å². The van der Waals surface area contributed by atoms with E-state index in [-0.39, 0.29) is 5.82 Å². The molecule has 1 heterocycles. The molecule has 0 amide bonds. The van der Waals surface area contributed by atoms with E-state index in [1.54, 1.807) is 19.9 Å². The Morgan fingerprint density at radius 1 is 1.64 bits per heavy atom. The minimum atomic E-state index is -0.808. The van der Waals surface area contributed by atoms with E-state index in [1.165, 1.54) is 6.20 Å². The Morgan fingerprint density at radius 2 is 2.36 bits per heavy atom. The Bertz CT molecular complexity index is 351. The van der Waals surface area contributed by atoms with Crippen molar-refractivity contribution in [2.45, 2.75) is 19.4 Å². The zero-order chi connectivity index (χ0) is 10.6. The van der Waals surface area contributed by atoms with Gasteiger partial charge in [0, 0.05) is 12.7 Å². The molecule has 1 rings (SSSR count). The highest BCUT2D eigenvalue weighted by Gasteiger charge is 2.11. The summed E-state index contributed by atoms with van der Waals surface area (Å²) in [6.07, 6.45) is 1.50. The maximum atomic E-state index is 9.43. The van der Waals surface area contributed by atoms with Crippen LogP contribution in [0.25, 0.3) is 0 Å². The monoisotopic (exact) mass is 192 g/mol. The van der Waals surface area contributed by atoms with E-state index in [0.717, 1.165) is 0 Å². The molecule has 1 aromatic rings. The summed E-state index contributed by atoms with van der Waals surface area (Å²) < 4.78 is 0. The Hall–Kier alpha value is -1.67. The topological polar surface area (TPSA) is 81.8 Å². The van der Waals surface area contributed by atoms with E-state index < -0.39 is 5.60 Å². The van der Waals surface area contributed by atoms with E-state index in [4.69, 9.17) is 5.26 Å². The van der Waals surface area contributed by atoms with Gasteiger partial charge in [-0.2, -0.15) is 5.26 Å². The summed E-state index contributed by atoms with van der Waals surface area (Å²) in [5, 5.41) is 20.9. The first-order chi connectivity index (χ1) is 6.51. The summed E-state index contributed by atoms with van der Waals surface area (Å²) in [4.78, 5) is 7.63. The van der Waals surface area contributed by atoms with E-state index in [0.29, 0.717) is 12.4 Å². The van der Waals surface area contributed by atoms with Gasteiger partial charge in [0.25, 0.3) is 0 Å². The molecule has 0 radical (unpaired) electrons. The van der Waals surface area contributed by atoms with Crippen LogP contribution in [0.15, 0.2) is 12.3 Å². The van der Waals surface area contributed by atoms with Crippen molar-refractivity contribution in [2.24, 2.45) is 0 Å². The molecule has 0 aliphatic carbocycles. The summed E-state index contributed by atoms with van der Waals surface area (Å²) in [7, 11) is 0. The van der Waals surface area contributed by atoms with Crippen LogP contribution in [-0.4, -0.2) is 27.2 Å². The maximum absolute atomic E-state index is 9.43. The smallest absolute Gasteiger partial charge is 0.234 e. The molecule has 5 nitrogen and oxygen atoms in total. The molecular formula is C9H12N4O. The van der Waals surface area contributed by atoms with Gasteiger partial charge < -0.3 is 10.4 Å². The molecule has 0 saturated heterocycles. The van der Waals surface area contributed by atoms with Crippen molar-refractivity contribution in [3.05, 3.63) is 18.1 Å². The number of hydrogen-bond donors (Lipinski definition) is 2. The van der Waals surface area contributed by atoms with Gasteiger partial charge in [-0.3, -0.25) is 0 Å². The van der Waals surface area contributed by atoms with Gasteiger partial charge in [0.05, 0.1) is 5.60 Å². The molecular weight excluding hydrogens is 180 g/mol. The number of aliphatic hydroxyl groups is 1. The molecule has 74 valence electrons. The third-order valence-corrected chi connectivity index (χ3v) is 1.46. The largest absolute Gasteiger partial charge is 0.389 e. The van der Waals surface area contributed by atoms with Gasteiger partial charge in [-0.25, -0.2) is 9.97 Å². The standard InChI is InChI=1S/C9H12N4O/c1-9(2,14)6-12-7-3-4-11-8(5-10)13-7/h3-4,14H,6H2,1-2H3,(H,11,12,13). The van der Waals surface area contributed by atoms with Gasteiger partial charge in [-0.15, -0.1) is 0 Å². The Balaban J connectivity index is 2.65. The summed E-state index contributed by atoms with van der Waals surface area (Å²) in [5.74, 6) is 0.657. The number of aromatic nitrogens is 2. The van der Waals surface area contributed by atoms with Crippen LogP contribution >= 0.6 is 0 Å². The lowest BCUT2D eigenvalue weighted by Gasteiger charge is -2.17. The normalized spacial score (nSPS) is 10.7. The first kappa shape index (κ1) is 10.4. The predicted octanol–water partition coefficient (Wildman–Crippen LogP) is 0.531. The van der Waals surface area contributed by atoms with Crippen LogP contribution in [0.1, 0.15) is 19.7 Å². The molecule has 0 bridgehead atoms. The van der Waals surface area contributed by atoms with Crippen molar-refractivity contribution >= 4 is 5.82 Å². The van der Waals surface area contributed by atoms with Crippen molar-refractivity contribution in [3.8, 4) is 6.07 Å². The zero-order valence-corrected chi connectivity index (χ0v) is 8.15. The van der Waals surface area contributed by atoms with E-state index >= 15 is 0 Å². The van der Waals surface area contributed by atoms with Crippen LogP contribution in [0.4, 0.5) is 5.82 Å². The number of hydrogen-bond acceptors (Lipinski definition) is 5. The van der Waals surface area contributed by atoms with E-state index in [1.807, 2.05) is 6.07 Å². The maximum Gasteiger partial charge on any atom is 0.234 e. The van der Waals surface area contributed by atoms with Gasteiger partial charge in [-0.1, -0.05) is 0 Å². The molecule has 0 spiro atoms. The Morgan fingerprint density at radius 3 is 2.93 bits per heavy atom. The average Bonchev–Trinajstić information content (AvgIpc) is 2.14. The zero-order valence-electron chi connectivity index (χ0n) is 8.15. The van der Waals surface area contributed by atoms with Gasteiger partial charge in [-0.05, 0) is 19.9 Å². The van der Waals surface area contributed by atoms with Crippen LogP contribution in [0, 0.1) is 11.3 Å². The number of nitriles is 1. The van der Waals surface area contributed by atoms with Crippen LogP contribution in [0.2, 0.25) is 0 Å². The van der Waals surface area contributed by atoms with Crippen molar-refractivity contribution < 1.29 is 5.11 Å². The van der Waals surface area contributed by atoms with Gasteiger partial charge in [0.15, 0.2) is 0 Å². The lowest BCUT2D eigenvalue weighted by atomic mass is 10.1. The molecule has 0 atom stereocenters. The number of rotatable bonds is 3. The lowest BCUT2D eigenvalue weighted by molar-refractivity contribution is 0.0944. The molecule has 0 unspecified atom stereocenters. The third-order valence-electron chi connectivity index (χ3n) is 1.46. The molecule has 2 N–H and O–H groups in total. The van der Waals surface area contributed by atoms with Crippen molar-refractivity contribution in [1.82, 2.24) is 9.97 Å². The lowest BCUT2D eigenvalue weighted by Crippen LogP contribution is -2.29. The van der Waals surface area contributed by atoms with E-state index in [9.17, 15) is 5.11 Å². The summed E-state index contributed by atoms with van der Waals surface area (Å²) in [5.41, 5.74) is -0.808. The third kappa shape index (κ3) is 3.37. The highest BCUT2D eigenvalue weighted by atomic mass is 16.3. The highest BCUT2D eigenvalue weighted by Crippen LogP contribution is 2.05. The average molecular weight is 192 g/mol. The number of anilines is 1. The predicted molar refractivity (Wildman–Crippen MR) is 51.5 cm³/mol. The molecule has 14 heavy (non-hydrogen) atoms. The summed E-state index contributed by atoms with van der Waals surface area (Å²) in [6.45, 7) is 3.74. The fourth-order valence-electron chi connectivity index (χ4n) is 0.818. The summed E-state index contributed by atoms with van der Waals surface area (Å²) in [6, 6.07) is 3.49. The van der Waals surface area contributed by atoms with Gasteiger partial charge in [0.1, 0.15) is 11.9 Å². The molecule has 1 aromatic heterocycles. The minimum Gasteiger partial charge on any atom is -0.389 e. The van der Waals surface area contributed by atoms with Crippen LogP contribution in [-0.2, 0) is 0 Å². The fraction of sp³-hybridized carbons (Fsp3) is 0.444. The highest BCUT2D eigenvalue weighted by molar-refractivity contribution is 5.35. The van der Waals surface area contributed by atoms with Crippen molar-refractivity contribution in [2.75, 3.05) is 11.9 Å². The first-order valence-electron chi connectivity index (χ1n) is 4.21. The van der Waals surface area contributed by atoms with Gasteiger partial charge in [0.2, 0.25) is 5.82 Å². The quantitative estimate of drug-likeness (QED) is 0.730. The molecule has 0 aromatic carbocycles. The Kier molecular flexibility index (Phi) is 2.99. The van der Waals surface area contributed by atoms with Crippen LogP contribution < -0.4 is 5.32 Å². The number of nitrogens with zero attached hydrogens (tertiary/aromatic N) is 3. The Labute approximate surface area is 82.4 Å². The minimum absolute atomic E-state index is 0.116. The SMILES string of the molecule is CC(C)(O)CNc1ccnc(C#N)n1. The van der Waals surface area contributed by atoms with Crippen molar-refractivity contribution in [1.29, 1.82) is 5.26 Å². The summed E-state index contributed by atoms with van der Waals surface area (Å²) >= 11 is 0. The molecule has 0 saturated carbocycles. The second kappa shape index (κ2) is 4.03. The van der Waals surface area contributed by atoms with Gasteiger partial charge >= 0.3 is 0 Å². The van der Waals surface area contributed by atoms with Crippen LogP contribution in [0.3, 0.4) is 0 Å². The second-order valence-corrected chi connectivity index (χ2v) is 3.54. The molecule has 0 fully saturated rings. The molecule has 0 aliphatic heterocycles. The first-order valence-corrected chi connectivity index (χ1v) is 4.21. The fourth-order valence-corrected chi connectivity index (χ4v) is 0.818. The number of nitrogens with one attached hydrogen (secondary N) is 1. The van der Waals surface area contributed by atoms with Crippen molar-refractivity contribution in [3.63, 3.8) is 0 Å².